The van der Waals surface area contributed by atoms with Crippen LogP contribution in [-0.2, 0) is 16.6 Å². The van der Waals surface area contributed by atoms with E-state index in [0.29, 0.717) is 19.0 Å². The molecule has 6 nitrogen and oxygen atoms in total. The Bertz CT molecular complexity index is 1050. The van der Waals surface area contributed by atoms with Crippen LogP contribution in [0.1, 0.15) is 22.6 Å². The van der Waals surface area contributed by atoms with Crippen LogP contribution in [0.2, 0.25) is 0 Å². The molecule has 3 rings (SSSR count). The Balaban J connectivity index is 0.00000363. The van der Waals surface area contributed by atoms with Crippen LogP contribution in [0.25, 0.3) is 0 Å². The van der Waals surface area contributed by atoms with Crippen LogP contribution in [0.15, 0.2) is 94.8 Å². The quantitative estimate of drug-likeness (QED) is 0.222. The average Bonchev–Trinajstić information content (AvgIpc) is 2.83. The molecule has 0 aliphatic carbocycles. The lowest BCUT2D eigenvalue weighted by atomic mass is 9.91. The second-order valence-electron chi connectivity index (χ2n) is 7.03. The van der Waals surface area contributed by atoms with Crippen molar-refractivity contribution in [3.63, 3.8) is 0 Å². The van der Waals surface area contributed by atoms with E-state index in [2.05, 4.69) is 68.9 Å². The van der Waals surface area contributed by atoms with Crippen LogP contribution in [0.4, 0.5) is 0 Å². The highest BCUT2D eigenvalue weighted by molar-refractivity contribution is 14.0. The molecule has 8 heteroatoms. The van der Waals surface area contributed by atoms with E-state index in [0.717, 1.165) is 5.56 Å². The normalized spacial score (nSPS) is 11.7. The molecule has 0 bridgehead atoms. The van der Waals surface area contributed by atoms with E-state index in [9.17, 15) is 8.42 Å². The van der Waals surface area contributed by atoms with Crippen LogP contribution in [0.5, 0.6) is 0 Å². The molecule has 0 heterocycles. The molecule has 170 valence electrons. The van der Waals surface area contributed by atoms with Crippen LogP contribution < -0.4 is 15.4 Å². The molecular weight excluding hydrogens is 535 g/mol. The third-order valence-corrected chi connectivity index (χ3v) is 6.49. The molecule has 0 aliphatic rings. The van der Waals surface area contributed by atoms with Crippen molar-refractivity contribution in [2.24, 2.45) is 4.99 Å². The summed E-state index contributed by atoms with van der Waals surface area (Å²) in [5, 5.41) is 6.70. The van der Waals surface area contributed by atoms with Crippen molar-refractivity contribution >= 4 is 40.0 Å². The maximum Gasteiger partial charge on any atom is 0.240 e. The molecule has 0 atom stereocenters. The number of sulfonamides is 1. The van der Waals surface area contributed by atoms with E-state index in [1.54, 1.807) is 31.3 Å². The summed E-state index contributed by atoms with van der Waals surface area (Å²) in [5.74, 6) is 0.871. The highest BCUT2D eigenvalue weighted by Gasteiger charge is 2.14. The minimum absolute atomic E-state index is 0. The van der Waals surface area contributed by atoms with Gasteiger partial charge in [-0.15, -0.1) is 24.0 Å². The molecule has 0 radical (unpaired) electrons. The number of hydrogen-bond acceptors (Lipinski definition) is 3. The van der Waals surface area contributed by atoms with Crippen LogP contribution in [0, 0.1) is 0 Å². The number of guanidine groups is 1. The number of halogens is 1. The van der Waals surface area contributed by atoms with Crippen LogP contribution in [0.3, 0.4) is 0 Å². The monoisotopic (exact) mass is 564 g/mol. The third-order valence-electron chi connectivity index (χ3n) is 5.06. The highest BCUT2D eigenvalue weighted by atomic mass is 127. The largest absolute Gasteiger partial charge is 0.355 e. The molecule has 0 unspecified atom stereocenters. The van der Waals surface area contributed by atoms with E-state index >= 15 is 0 Å². The minimum atomic E-state index is -3.43. The van der Waals surface area contributed by atoms with E-state index in [1.165, 1.54) is 18.2 Å². The van der Waals surface area contributed by atoms with E-state index < -0.39 is 10.0 Å². The zero-order valence-corrected chi connectivity index (χ0v) is 21.3. The van der Waals surface area contributed by atoms with Gasteiger partial charge in [-0.2, -0.15) is 0 Å². The summed E-state index contributed by atoms with van der Waals surface area (Å²) in [4.78, 5) is 4.57. The number of aliphatic imine (C=N–C) groups is 1. The maximum absolute atomic E-state index is 11.9. The lowest BCUT2D eigenvalue weighted by molar-refractivity contribution is 0.588. The fraction of sp³-hybridized carbons (Fsp3) is 0.208. The predicted octanol–water partition coefficient (Wildman–Crippen LogP) is 3.71. The van der Waals surface area contributed by atoms with Crippen molar-refractivity contribution in [2.45, 2.75) is 17.4 Å². The predicted molar refractivity (Wildman–Crippen MR) is 141 cm³/mol. The fourth-order valence-corrected chi connectivity index (χ4v) is 4.04. The van der Waals surface area contributed by atoms with Crippen molar-refractivity contribution in [3.8, 4) is 0 Å². The fourth-order valence-electron chi connectivity index (χ4n) is 3.31. The summed E-state index contributed by atoms with van der Waals surface area (Å²) in [5.41, 5.74) is 3.43. The first kappa shape index (κ1) is 25.8. The molecule has 0 saturated heterocycles. The summed E-state index contributed by atoms with van der Waals surface area (Å²) >= 11 is 0. The van der Waals surface area contributed by atoms with Crippen LogP contribution in [-0.4, -0.2) is 35.0 Å². The molecular formula is C24H29IN4O2S. The van der Waals surface area contributed by atoms with Gasteiger partial charge in [-0.3, -0.25) is 4.99 Å². The van der Waals surface area contributed by atoms with Gasteiger partial charge >= 0.3 is 0 Å². The Morgan fingerprint density at radius 3 is 1.84 bits per heavy atom. The lowest BCUT2D eigenvalue weighted by Gasteiger charge is -2.20. The number of benzene rings is 3. The summed E-state index contributed by atoms with van der Waals surface area (Å²) < 4.78 is 26.0. The molecule has 3 N–H and O–H groups in total. The Hall–Kier alpha value is -2.43. The second-order valence-corrected chi connectivity index (χ2v) is 8.92. The molecule has 0 amide bonds. The van der Waals surface area contributed by atoms with E-state index in [4.69, 9.17) is 0 Å². The zero-order chi connectivity index (χ0) is 22.1. The molecule has 0 aromatic heterocycles. The average molecular weight is 564 g/mol. The Morgan fingerprint density at radius 1 is 0.844 bits per heavy atom. The Morgan fingerprint density at radius 2 is 1.38 bits per heavy atom. The first-order valence-corrected chi connectivity index (χ1v) is 11.6. The van der Waals surface area contributed by atoms with Crippen molar-refractivity contribution in [3.05, 3.63) is 102 Å². The number of nitrogens with one attached hydrogen (secondary N) is 3. The highest BCUT2D eigenvalue weighted by Crippen LogP contribution is 2.23. The number of rotatable bonds is 8. The van der Waals surface area contributed by atoms with Gasteiger partial charge in [0.05, 0.1) is 4.90 Å². The van der Waals surface area contributed by atoms with Gasteiger partial charge in [0.2, 0.25) is 10.0 Å². The van der Waals surface area contributed by atoms with Gasteiger partial charge in [0.25, 0.3) is 0 Å². The lowest BCUT2D eigenvalue weighted by Crippen LogP contribution is -2.39. The van der Waals surface area contributed by atoms with Gasteiger partial charge in [0.1, 0.15) is 0 Å². The SMILES string of the molecule is CN=C(NCc1ccc(S(=O)(=O)NC)cc1)NCC(c1ccccc1)c1ccccc1.I. The third kappa shape index (κ3) is 7.04. The standard InChI is InChI=1S/C24H28N4O2S.HI/c1-25-24(27-17-19-13-15-22(16-14-19)31(29,30)26-2)28-18-23(20-9-5-3-6-10-20)21-11-7-4-8-12-21;/h3-16,23,26H,17-18H2,1-2H3,(H2,25,27,28);1H. The smallest absolute Gasteiger partial charge is 0.240 e. The summed E-state index contributed by atoms with van der Waals surface area (Å²) in [6, 6.07) is 27.6. The van der Waals surface area contributed by atoms with Gasteiger partial charge in [-0.25, -0.2) is 13.1 Å². The van der Waals surface area contributed by atoms with Crippen molar-refractivity contribution in [1.82, 2.24) is 15.4 Å². The first-order chi connectivity index (χ1) is 15.0. The molecule has 0 aliphatic heterocycles. The molecule has 0 saturated carbocycles. The summed E-state index contributed by atoms with van der Waals surface area (Å²) in [6.45, 7) is 1.22. The first-order valence-electron chi connectivity index (χ1n) is 10.1. The van der Waals surface area contributed by atoms with Gasteiger partial charge in [-0.1, -0.05) is 72.8 Å². The number of hydrogen-bond donors (Lipinski definition) is 3. The zero-order valence-electron chi connectivity index (χ0n) is 18.2. The van der Waals surface area contributed by atoms with Gasteiger partial charge in [-0.05, 0) is 35.9 Å². The van der Waals surface area contributed by atoms with Crippen LogP contribution >= 0.6 is 24.0 Å². The van der Waals surface area contributed by atoms with Gasteiger partial charge < -0.3 is 10.6 Å². The van der Waals surface area contributed by atoms with Gasteiger partial charge in [0.15, 0.2) is 5.96 Å². The molecule has 0 spiro atoms. The number of nitrogens with zero attached hydrogens (tertiary/aromatic N) is 1. The van der Waals surface area contributed by atoms with E-state index in [1.807, 2.05) is 12.1 Å². The molecule has 3 aromatic rings. The molecule has 3 aromatic carbocycles. The minimum Gasteiger partial charge on any atom is -0.355 e. The Labute approximate surface area is 207 Å². The maximum atomic E-state index is 11.9. The summed E-state index contributed by atoms with van der Waals surface area (Å²) in [6.07, 6.45) is 0. The Kier molecular flexibility index (Phi) is 10.1. The van der Waals surface area contributed by atoms with Crippen molar-refractivity contribution in [2.75, 3.05) is 20.6 Å². The van der Waals surface area contributed by atoms with E-state index in [-0.39, 0.29) is 34.8 Å². The van der Waals surface area contributed by atoms with Crippen molar-refractivity contribution < 1.29 is 8.42 Å². The molecule has 0 fully saturated rings. The topological polar surface area (TPSA) is 82.6 Å². The second kappa shape index (κ2) is 12.6. The molecule has 32 heavy (non-hydrogen) atoms. The summed E-state index contributed by atoms with van der Waals surface area (Å²) in [7, 11) is -0.293. The van der Waals surface area contributed by atoms with Crippen molar-refractivity contribution in [1.29, 1.82) is 0 Å². The van der Waals surface area contributed by atoms with Gasteiger partial charge in [0, 0.05) is 26.1 Å².